The summed E-state index contributed by atoms with van der Waals surface area (Å²) in [5.41, 5.74) is 0. The van der Waals surface area contributed by atoms with Crippen LogP contribution < -0.4 is 10.2 Å². The van der Waals surface area contributed by atoms with Gasteiger partial charge in [0, 0.05) is 43.0 Å². The zero-order valence-electron chi connectivity index (χ0n) is 11.8. The van der Waals surface area contributed by atoms with Gasteiger partial charge in [0.15, 0.2) is 0 Å². The minimum Gasteiger partial charge on any atom is -0.351 e. The number of aryl methyl sites for hydroxylation is 1. The second kappa shape index (κ2) is 6.32. The number of anilines is 1. The van der Waals surface area contributed by atoms with Gasteiger partial charge < -0.3 is 10.2 Å². The summed E-state index contributed by atoms with van der Waals surface area (Å²) >= 11 is 1.46. The molecule has 19 heavy (non-hydrogen) atoms. The van der Waals surface area contributed by atoms with Crippen LogP contribution in [0.2, 0.25) is 0 Å². The zero-order chi connectivity index (χ0) is 13.8. The highest BCUT2D eigenvalue weighted by Gasteiger charge is 2.24. The maximum absolute atomic E-state index is 11.7. The number of amides is 1. The highest BCUT2D eigenvalue weighted by atomic mass is 32.1. The Morgan fingerprint density at radius 2 is 2.37 bits per heavy atom. The Bertz CT molecular complexity index is 432. The van der Waals surface area contributed by atoms with E-state index in [0.29, 0.717) is 0 Å². The quantitative estimate of drug-likeness (QED) is 0.915. The zero-order valence-corrected chi connectivity index (χ0v) is 12.7. The molecule has 2 heterocycles. The van der Waals surface area contributed by atoms with Crippen LogP contribution >= 0.6 is 11.5 Å². The van der Waals surface area contributed by atoms with Crippen molar-refractivity contribution in [3.63, 3.8) is 0 Å². The maximum Gasteiger partial charge on any atom is 0.222 e. The van der Waals surface area contributed by atoms with Gasteiger partial charge in [0.2, 0.25) is 11.0 Å². The first kappa shape index (κ1) is 14.2. The molecule has 0 aliphatic carbocycles. The minimum absolute atomic E-state index is 0.0450. The first-order chi connectivity index (χ1) is 9.10. The molecule has 1 N–H and O–H groups in total. The van der Waals surface area contributed by atoms with Gasteiger partial charge in [-0.1, -0.05) is 20.8 Å². The molecule has 5 nitrogen and oxygen atoms in total. The summed E-state index contributed by atoms with van der Waals surface area (Å²) in [4.78, 5) is 18.5. The lowest BCUT2D eigenvalue weighted by atomic mass is 10.1. The normalized spacial score (nSPS) is 19.8. The smallest absolute Gasteiger partial charge is 0.222 e. The molecule has 1 unspecified atom stereocenters. The van der Waals surface area contributed by atoms with Gasteiger partial charge in [-0.2, -0.15) is 4.37 Å². The number of aromatic nitrogens is 2. The van der Waals surface area contributed by atoms with E-state index in [4.69, 9.17) is 0 Å². The molecular weight excluding hydrogens is 260 g/mol. The molecule has 106 valence electrons. The van der Waals surface area contributed by atoms with Crippen LogP contribution in [0, 0.1) is 5.92 Å². The Morgan fingerprint density at radius 3 is 3.00 bits per heavy atom. The van der Waals surface area contributed by atoms with E-state index in [0.717, 1.165) is 43.3 Å². The number of nitrogens with one attached hydrogen (secondary N) is 1. The predicted octanol–water partition coefficient (Wildman–Crippen LogP) is 1.84. The third-order valence-corrected chi connectivity index (χ3v) is 4.15. The van der Waals surface area contributed by atoms with Crippen molar-refractivity contribution < 1.29 is 4.79 Å². The van der Waals surface area contributed by atoms with Crippen LogP contribution in [0.3, 0.4) is 0 Å². The second-order valence-corrected chi connectivity index (χ2v) is 6.03. The summed E-state index contributed by atoms with van der Waals surface area (Å²) in [6.45, 7) is 7.76. The average molecular weight is 282 g/mol. The second-order valence-electron chi connectivity index (χ2n) is 5.30. The molecule has 0 spiro atoms. The van der Waals surface area contributed by atoms with Gasteiger partial charge >= 0.3 is 0 Å². The molecule has 1 saturated heterocycles. The van der Waals surface area contributed by atoms with Gasteiger partial charge in [-0.05, 0) is 12.8 Å². The van der Waals surface area contributed by atoms with E-state index < -0.39 is 0 Å². The van der Waals surface area contributed by atoms with Crippen LogP contribution in [0.5, 0.6) is 0 Å². The fraction of sp³-hybridized carbons (Fsp3) is 0.769. The van der Waals surface area contributed by atoms with Gasteiger partial charge in [0.25, 0.3) is 0 Å². The van der Waals surface area contributed by atoms with E-state index in [-0.39, 0.29) is 17.9 Å². The molecule has 1 aliphatic rings. The summed E-state index contributed by atoms with van der Waals surface area (Å²) in [7, 11) is 0. The Morgan fingerprint density at radius 1 is 1.58 bits per heavy atom. The maximum atomic E-state index is 11.7. The number of hydrogen-bond donors (Lipinski definition) is 1. The molecule has 1 amide bonds. The third kappa shape index (κ3) is 3.65. The van der Waals surface area contributed by atoms with Crippen LogP contribution in [0.4, 0.5) is 5.13 Å². The van der Waals surface area contributed by atoms with Crippen LogP contribution in [-0.2, 0) is 11.2 Å². The fourth-order valence-corrected chi connectivity index (χ4v) is 2.94. The Labute approximate surface area is 118 Å². The van der Waals surface area contributed by atoms with Gasteiger partial charge in [0.05, 0.1) is 0 Å². The largest absolute Gasteiger partial charge is 0.351 e. The summed E-state index contributed by atoms with van der Waals surface area (Å²) in [6, 6.07) is 0.234. The number of piperidine rings is 1. The molecule has 0 radical (unpaired) electrons. The summed E-state index contributed by atoms with van der Waals surface area (Å²) in [5.74, 6) is 1.09. The van der Waals surface area contributed by atoms with E-state index in [1.165, 1.54) is 11.5 Å². The van der Waals surface area contributed by atoms with E-state index in [1.54, 1.807) is 0 Å². The van der Waals surface area contributed by atoms with Crippen molar-refractivity contribution in [3.05, 3.63) is 5.82 Å². The van der Waals surface area contributed by atoms with Crippen molar-refractivity contribution >= 4 is 22.6 Å². The molecule has 1 atom stereocenters. The predicted molar refractivity (Wildman–Crippen MR) is 77.5 cm³/mol. The van der Waals surface area contributed by atoms with E-state index in [1.807, 2.05) is 13.8 Å². The van der Waals surface area contributed by atoms with Crippen molar-refractivity contribution in [2.24, 2.45) is 5.92 Å². The van der Waals surface area contributed by atoms with Gasteiger partial charge in [-0.25, -0.2) is 4.98 Å². The van der Waals surface area contributed by atoms with Crippen molar-refractivity contribution in [1.82, 2.24) is 14.7 Å². The van der Waals surface area contributed by atoms with E-state index >= 15 is 0 Å². The molecule has 2 rings (SSSR count). The van der Waals surface area contributed by atoms with Crippen LogP contribution in [0.1, 0.15) is 39.4 Å². The molecule has 1 aliphatic heterocycles. The van der Waals surface area contributed by atoms with Gasteiger partial charge in [0.1, 0.15) is 5.82 Å². The first-order valence-corrected chi connectivity index (χ1v) is 7.75. The number of carbonyl (C=O) groups is 1. The lowest BCUT2D eigenvalue weighted by Gasteiger charge is -2.33. The SMILES string of the molecule is CCc1nsc(N2CCCC(NC(=O)C(C)C)C2)n1. The Kier molecular flexibility index (Phi) is 4.74. The number of hydrogen-bond acceptors (Lipinski definition) is 5. The van der Waals surface area contributed by atoms with Gasteiger partial charge in [-0.15, -0.1) is 0 Å². The molecule has 0 saturated carbocycles. The van der Waals surface area contributed by atoms with E-state index in [9.17, 15) is 4.79 Å². The topological polar surface area (TPSA) is 58.1 Å². The molecular formula is C13H22N4OS. The van der Waals surface area contributed by atoms with Crippen LogP contribution in [0.15, 0.2) is 0 Å². The minimum atomic E-state index is 0.0450. The molecule has 0 aromatic carbocycles. The first-order valence-electron chi connectivity index (χ1n) is 6.98. The standard InChI is InChI=1S/C13H22N4OS/c1-4-11-15-13(19-16-11)17-7-5-6-10(8-17)14-12(18)9(2)3/h9-10H,4-8H2,1-3H3,(H,14,18). The average Bonchev–Trinajstić information content (AvgIpc) is 2.87. The van der Waals surface area contributed by atoms with Crippen molar-refractivity contribution in [1.29, 1.82) is 0 Å². The molecule has 1 aromatic rings. The Hall–Kier alpha value is -1.17. The van der Waals surface area contributed by atoms with Gasteiger partial charge in [-0.3, -0.25) is 4.79 Å². The van der Waals surface area contributed by atoms with Crippen LogP contribution in [-0.4, -0.2) is 34.4 Å². The van der Waals surface area contributed by atoms with Crippen molar-refractivity contribution in [3.8, 4) is 0 Å². The lowest BCUT2D eigenvalue weighted by molar-refractivity contribution is -0.124. The molecule has 1 aromatic heterocycles. The van der Waals surface area contributed by atoms with Crippen LogP contribution in [0.25, 0.3) is 0 Å². The highest BCUT2D eigenvalue weighted by molar-refractivity contribution is 7.09. The van der Waals surface area contributed by atoms with Crippen molar-refractivity contribution in [2.45, 2.75) is 46.1 Å². The molecule has 0 bridgehead atoms. The number of rotatable bonds is 4. The summed E-state index contributed by atoms with van der Waals surface area (Å²) in [6.07, 6.45) is 3.01. The summed E-state index contributed by atoms with van der Waals surface area (Å²) in [5, 5.41) is 4.10. The molecule has 1 fully saturated rings. The highest BCUT2D eigenvalue weighted by Crippen LogP contribution is 2.22. The Balaban J connectivity index is 1.95. The lowest BCUT2D eigenvalue weighted by Crippen LogP contribution is -2.48. The number of carbonyl (C=O) groups excluding carboxylic acids is 1. The molecule has 6 heteroatoms. The van der Waals surface area contributed by atoms with E-state index in [2.05, 4.69) is 26.5 Å². The number of nitrogens with zero attached hydrogens (tertiary/aromatic N) is 3. The fourth-order valence-electron chi connectivity index (χ4n) is 2.15. The third-order valence-electron chi connectivity index (χ3n) is 3.34. The monoisotopic (exact) mass is 282 g/mol. The van der Waals surface area contributed by atoms with Crippen molar-refractivity contribution in [2.75, 3.05) is 18.0 Å². The summed E-state index contributed by atoms with van der Waals surface area (Å²) < 4.78 is 4.33.